The van der Waals surface area contributed by atoms with Crippen molar-refractivity contribution in [2.45, 2.75) is 6.42 Å². The third-order valence-corrected chi connectivity index (χ3v) is 3.03. The molecular weight excluding hydrogens is 271 g/mol. The highest BCUT2D eigenvalue weighted by atomic mass is 19.1. The van der Waals surface area contributed by atoms with E-state index in [-0.39, 0.29) is 5.82 Å². The van der Waals surface area contributed by atoms with E-state index >= 15 is 0 Å². The molecule has 21 heavy (non-hydrogen) atoms. The van der Waals surface area contributed by atoms with Crippen LogP contribution in [-0.2, 0) is 0 Å². The molecule has 0 saturated carbocycles. The zero-order chi connectivity index (χ0) is 15.2. The lowest BCUT2D eigenvalue weighted by atomic mass is 10.2. The van der Waals surface area contributed by atoms with Crippen LogP contribution in [0.3, 0.4) is 0 Å². The van der Waals surface area contributed by atoms with Crippen LogP contribution in [0.1, 0.15) is 16.8 Å². The van der Waals surface area contributed by atoms with E-state index < -0.39 is 5.91 Å². The Balaban J connectivity index is 2.45. The lowest BCUT2D eigenvalue weighted by Gasteiger charge is -2.25. The summed E-state index contributed by atoms with van der Waals surface area (Å²) >= 11 is 0. The number of anilines is 2. The molecule has 1 heterocycles. The van der Waals surface area contributed by atoms with Gasteiger partial charge in [-0.2, -0.15) is 0 Å². The summed E-state index contributed by atoms with van der Waals surface area (Å²) in [6.45, 7) is 1.05. The van der Waals surface area contributed by atoms with Crippen LogP contribution in [0.4, 0.5) is 15.9 Å². The lowest BCUT2D eigenvalue weighted by molar-refractivity contribution is 0.100. The van der Waals surface area contributed by atoms with Gasteiger partial charge in [-0.25, -0.2) is 9.37 Å². The average molecular weight is 288 g/mol. The molecule has 0 saturated heterocycles. The van der Waals surface area contributed by atoms with Gasteiger partial charge in [-0.15, -0.1) is 0 Å². The van der Waals surface area contributed by atoms with Gasteiger partial charge in [0.2, 0.25) is 0 Å². The van der Waals surface area contributed by atoms with Crippen molar-refractivity contribution in [1.82, 2.24) is 4.98 Å². The highest BCUT2D eigenvalue weighted by molar-refractivity contribution is 5.98. The van der Waals surface area contributed by atoms with E-state index in [0.717, 1.165) is 5.69 Å². The number of hydrogen-bond acceptors (Lipinski definition) is 4. The van der Waals surface area contributed by atoms with Crippen molar-refractivity contribution < 1.29 is 9.18 Å². The summed E-state index contributed by atoms with van der Waals surface area (Å²) in [7, 11) is 0. The Labute approximate surface area is 122 Å². The zero-order valence-electron chi connectivity index (χ0n) is 11.5. The van der Waals surface area contributed by atoms with Gasteiger partial charge in [-0.05, 0) is 49.4 Å². The van der Waals surface area contributed by atoms with Gasteiger partial charge in [0.1, 0.15) is 11.6 Å². The summed E-state index contributed by atoms with van der Waals surface area (Å²) in [4.78, 5) is 17.6. The van der Waals surface area contributed by atoms with Gasteiger partial charge in [0.25, 0.3) is 5.91 Å². The number of nitrogens with two attached hydrogens (primary N) is 2. The minimum Gasteiger partial charge on any atom is -0.365 e. The number of hydrogen-bond donors (Lipinski definition) is 2. The summed E-state index contributed by atoms with van der Waals surface area (Å²) in [6.07, 6.45) is 2.28. The Bertz CT molecular complexity index is 615. The summed E-state index contributed by atoms with van der Waals surface area (Å²) in [6, 6.07) is 9.24. The van der Waals surface area contributed by atoms with E-state index in [9.17, 15) is 9.18 Å². The summed E-state index contributed by atoms with van der Waals surface area (Å²) in [5.41, 5.74) is 12.0. The first-order valence-electron chi connectivity index (χ1n) is 6.61. The normalized spacial score (nSPS) is 10.4. The number of benzene rings is 1. The summed E-state index contributed by atoms with van der Waals surface area (Å²) < 4.78 is 13.1. The number of pyridine rings is 1. The van der Waals surface area contributed by atoms with Crippen molar-refractivity contribution in [2.75, 3.05) is 18.0 Å². The Morgan fingerprint density at radius 2 is 1.95 bits per heavy atom. The second-order valence-electron chi connectivity index (χ2n) is 4.51. The van der Waals surface area contributed by atoms with E-state index in [4.69, 9.17) is 11.5 Å². The highest BCUT2D eigenvalue weighted by Crippen LogP contribution is 2.26. The third kappa shape index (κ3) is 3.55. The van der Waals surface area contributed by atoms with Crippen LogP contribution < -0.4 is 16.4 Å². The first-order chi connectivity index (χ1) is 10.1. The number of rotatable bonds is 6. The summed E-state index contributed by atoms with van der Waals surface area (Å²) in [5, 5.41) is 0. The van der Waals surface area contributed by atoms with E-state index in [1.807, 2.05) is 4.90 Å². The largest absolute Gasteiger partial charge is 0.365 e. The van der Waals surface area contributed by atoms with Crippen molar-refractivity contribution in [2.24, 2.45) is 11.5 Å². The van der Waals surface area contributed by atoms with Crippen molar-refractivity contribution >= 4 is 17.4 Å². The lowest BCUT2D eigenvalue weighted by Crippen LogP contribution is -2.25. The molecule has 110 valence electrons. The number of carbonyl (C=O) groups is 1. The molecule has 0 aliphatic rings. The molecule has 1 aromatic heterocycles. The SMILES string of the molecule is NCCCN(c1ccc(F)cc1)c1ncccc1C(N)=O. The molecule has 0 aliphatic carbocycles. The fraction of sp³-hybridized carbons (Fsp3) is 0.200. The molecule has 1 aromatic carbocycles. The van der Waals surface area contributed by atoms with E-state index in [0.29, 0.717) is 30.9 Å². The molecule has 6 heteroatoms. The summed E-state index contributed by atoms with van der Waals surface area (Å²) in [5.74, 6) is -0.434. The molecule has 0 atom stereocenters. The van der Waals surface area contributed by atoms with Crippen LogP contribution in [-0.4, -0.2) is 24.0 Å². The van der Waals surface area contributed by atoms with Crippen molar-refractivity contribution in [3.05, 3.63) is 54.0 Å². The highest BCUT2D eigenvalue weighted by Gasteiger charge is 2.17. The number of aromatic nitrogens is 1. The molecule has 0 spiro atoms. The van der Waals surface area contributed by atoms with E-state index in [2.05, 4.69) is 4.98 Å². The smallest absolute Gasteiger partial charge is 0.252 e. The van der Waals surface area contributed by atoms with Crippen LogP contribution in [0.2, 0.25) is 0 Å². The molecule has 2 aromatic rings. The van der Waals surface area contributed by atoms with Gasteiger partial charge < -0.3 is 16.4 Å². The molecular formula is C15H17FN4O. The fourth-order valence-electron chi connectivity index (χ4n) is 2.03. The molecule has 1 amide bonds. The maximum atomic E-state index is 13.1. The van der Waals surface area contributed by atoms with Crippen molar-refractivity contribution in [1.29, 1.82) is 0 Å². The quantitative estimate of drug-likeness (QED) is 0.849. The standard InChI is InChI=1S/C15H17FN4O/c16-11-4-6-12(7-5-11)20(10-2-8-17)15-13(14(18)21)3-1-9-19-15/h1,3-7,9H,2,8,10,17H2,(H2,18,21). The number of primary amides is 1. The second-order valence-corrected chi connectivity index (χ2v) is 4.51. The third-order valence-electron chi connectivity index (χ3n) is 3.03. The fourth-order valence-corrected chi connectivity index (χ4v) is 2.03. The first kappa shape index (κ1) is 14.9. The Kier molecular flexibility index (Phi) is 4.84. The molecule has 5 nitrogen and oxygen atoms in total. The van der Waals surface area contributed by atoms with Gasteiger partial charge in [-0.1, -0.05) is 0 Å². The number of carbonyl (C=O) groups excluding carboxylic acids is 1. The predicted octanol–water partition coefficient (Wildman–Crippen LogP) is 1.81. The maximum Gasteiger partial charge on any atom is 0.252 e. The predicted molar refractivity (Wildman–Crippen MR) is 79.8 cm³/mol. The van der Waals surface area contributed by atoms with Gasteiger partial charge in [-0.3, -0.25) is 4.79 Å². The topological polar surface area (TPSA) is 85.2 Å². The van der Waals surface area contributed by atoms with Crippen LogP contribution in [0.25, 0.3) is 0 Å². The molecule has 0 aliphatic heterocycles. The maximum absolute atomic E-state index is 13.1. The van der Waals surface area contributed by atoms with Crippen LogP contribution in [0.15, 0.2) is 42.6 Å². The minimum absolute atomic E-state index is 0.318. The second kappa shape index (κ2) is 6.81. The molecule has 0 bridgehead atoms. The van der Waals surface area contributed by atoms with E-state index in [1.165, 1.54) is 12.1 Å². The molecule has 0 unspecified atom stereocenters. The number of halogens is 1. The molecule has 0 radical (unpaired) electrons. The Hall–Kier alpha value is -2.47. The molecule has 4 N–H and O–H groups in total. The number of amides is 1. The monoisotopic (exact) mass is 288 g/mol. The Morgan fingerprint density at radius 3 is 2.57 bits per heavy atom. The molecule has 2 rings (SSSR count). The van der Waals surface area contributed by atoms with Gasteiger partial charge >= 0.3 is 0 Å². The van der Waals surface area contributed by atoms with Crippen LogP contribution in [0, 0.1) is 5.82 Å². The first-order valence-corrected chi connectivity index (χ1v) is 6.61. The zero-order valence-corrected chi connectivity index (χ0v) is 11.5. The van der Waals surface area contributed by atoms with Crippen LogP contribution >= 0.6 is 0 Å². The van der Waals surface area contributed by atoms with E-state index in [1.54, 1.807) is 30.5 Å². The van der Waals surface area contributed by atoms with Crippen LogP contribution in [0.5, 0.6) is 0 Å². The van der Waals surface area contributed by atoms with Crippen molar-refractivity contribution in [3.63, 3.8) is 0 Å². The number of nitrogens with zero attached hydrogens (tertiary/aromatic N) is 2. The van der Waals surface area contributed by atoms with Crippen molar-refractivity contribution in [3.8, 4) is 0 Å². The average Bonchev–Trinajstić information content (AvgIpc) is 2.49. The Morgan fingerprint density at radius 1 is 1.24 bits per heavy atom. The van der Waals surface area contributed by atoms with Gasteiger partial charge in [0.15, 0.2) is 0 Å². The van der Waals surface area contributed by atoms with Gasteiger partial charge in [0, 0.05) is 18.4 Å². The minimum atomic E-state index is -0.557. The van der Waals surface area contributed by atoms with Gasteiger partial charge in [0.05, 0.1) is 5.56 Å². The molecule has 0 fully saturated rings.